The number of ether oxygens (including phenoxy) is 1. The lowest BCUT2D eigenvalue weighted by Crippen LogP contribution is -2.30. The normalized spacial score (nSPS) is 13.5. The number of rotatable bonds is 6. The molecule has 1 saturated heterocycles. The summed E-state index contributed by atoms with van der Waals surface area (Å²) in [5, 5.41) is 18.9. The Kier molecular flexibility index (Phi) is 5.90. The molecule has 0 bridgehead atoms. The number of hydrogen-bond donors (Lipinski definition) is 2. The lowest BCUT2D eigenvalue weighted by Gasteiger charge is -2.24. The molecule has 0 atom stereocenters. The number of aromatic amines is 1. The van der Waals surface area contributed by atoms with Gasteiger partial charge in [0, 0.05) is 24.2 Å². The summed E-state index contributed by atoms with van der Waals surface area (Å²) in [5.41, 5.74) is 1.81. The molecule has 0 saturated carbocycles. The quantitative estimate of drug-likeness (QED) is 0.653. The van der Waals surface area contributed by atoms with Gasteiger partial charge in [0.1, 0.15) is 12.4 Å². The van der Waals surface area contributed by atoms with E-state index in [-0.39, 0.29) is 12.5 Å². The number of carbonyl (C=O) groups excluding carboxylic acids is 1. The third-order valence-corrected chi connectivity index (χ3v) is 4.97. The molecule has 2 N–H and O–H groups in total. The third-order valence-electron chi connectivity index (χ3n) is 4.97. The van der Waals surface area contributed by atoms with Crippen LogP contribution in [0.2, 0.25) is 0 Å². The van der Waals surface area contributed by atoms with Gasteiger partial charge < -0.3 is 9.64 Å². The molecule has 1 aliphatic rings. The smallest absolute Gasteiger partial charge is 0.258 e. The minimum Gasteiger partial charge on any atom is -0.489 e. The highest BCUT2D eigenvalue weighted by atomic mass is 16.5. The lowest BCUT2D eigenvalue weighted by atomic mass is 10.1. The Morgan fingerprint density at radius 2 is 2.00 bits per heavy atom. The predicted octanol–water partition coefficient (Wildman–Crippen LogP) is 3.50. The first-order valence-electron chi connectivity index (χ1n) is 9.92. The predicted molar refractivity (Wildman–Crippen MR) is 112 cm³/mol. The van der Waals surface area contributed by atoms with E-state index in [1.165, 1.54) is 6.42 Å². The van der Waals surface area contributed by atoms with Gasteiger partial charge in [-0.25, -0.2) is 5.10 Å². The van der Waals surface area contributed by atoms with E-state index in [4.69, 9.17) is 4.74 Å². The number of H-pyrrole nitrogens is 1. The summed E-state index contributed by atoms with van der Waals surface area (Å²) >= 11 is 0. The van der Waals surface area contributed by atoms with E-state index in [0.717, 1.165) is 31.5 Å². The fourth-order valence-corrected chi connectivity index (χ4v) is 3.37. The molecular formula is C22H22N6O2. The van der Waals surface area contributed by atoms with E-state index >= 15 is 0 Å². The van der Waals surface area contributed by atoms with Crippen LogP contribution in [0.5, 0.6) is 5.75 Å². The van der Waals surface area contributed by atoms with Crippen molar-refractivity contribution in [1.29, 1.82) is 5.26 Å². The molecule has 1 fully saturated rings. The molecule has 0 radical (unpaired) electrons. The van der Waals surface area contributed by atoms with Crippen LogP contribution in [0.25, 0.3) is 0 Å². The molecule has 2 heterocycles. The molecule has 1 aromatic heterocycles. The zero-order chi connectivity index (χ0) is 20.8. The molecule has 30 heavy (non-hydrogen) atoms. The maximum absolute atomic E-state index is 12.6. The first-order chi connectivity index (χ1) is 14.7. The molecule has 152 valence electrons. The first kappa shape index (κ1) is 19.5. The summed E-state index contributed by atoms with van der Waals surface area (Å²) in [6.07, 6.45) is 3.48. The number of nitrogens with one attached hydrogen (secondary N) is 2. The van der Waals surface area contributed by atoms with Crippen LogP contribution in [0.3, 0.4) is 0 Å². The largest absolute Gasteiger partial charge is 0.489 e. The molecule has 2 aromatic carbocycles. The Hall–Kier alpha value is -3.86. The van der Waals surface area contributed by atoms with Crippen LogP contribution in [-0.4, -0.2) is 34.2 Å². The van der Waals surface area contributed by atoms with Gasteiger partial charge in [-0.15, -0.1) is 5.10 Å². The van der Waals surface area contributed by atoms with E-state index in [2.05, 4.69) is 31.5 Å². The standard InChI is InChI=1S/C22H22N6O2/c23-14-17-7-2-3-8-18(17)15-30-19-10-6-9-16(13-19)20(29)24-21-25-22(27-26-21)28-11-4-1-5-12-28/h2-3,6-10,13H,1,4-5,11-12,15H2,(H2,24,25,26,27,29). The van der Waals surface area contributed by atoms with Gasteiger partial charge in [-0.1, -0.05) is 24.3 Å². The molecule has 0 unspecified atom stereocenters. The van der Waals surface area contributed by atoms with E-state index in [1.807, 2.05) is 18.2 Å². The average Bonchev–Trinajstić information content (AvgIpc) is 3.27. The van der Waals surface area contributed by atoms with E-state index in [9.17, 15) is 10.1 Å². The second-order valence-corrected chi connectivity index (χ2v) is 7.07. The number of anilines is 2. The van der Waals surface area contributed by atoms with Gasteiger partial charge in [-0.2, -0.15) is 10.2 Å². The van der Waals surface area contributed by atoms with Gasteiger partial charge in [-0.3, -0.25) is 10.1 Å². The van der Waals surface area contributed by atoms with Gasteiger partial charge in [0.05, 0.1) is 11.6 Å². The summed E-state index contributed by atoms with van der Waals surface area (Å²) < 4.78 is 5.79. The second-order valence-electron chi connectivity index (χ2n) is 7.07. The highest BCUT2D eigenvalue weighted by molar-refractivity contribution is 6.03. The molecular weight excluding hydrogens is 380 g/mol. The summed E-state index contributed by atoms with van der Waals surface area (Å²) in [4.78, 5) is 19.1. The number of nitrogens with zero attached hydrogens (tertiary/aromatic N) is 4. The van der Waals surface area contributed by atoms with E-state index in [0.29, 0.717) is 28.8 Å². The van der Waals surface area contributed by atoms with Crippen LogP contribution in [-0.2, 0) is 6.61 Å². The summed E-state index contributed by atoms with van der Waals surface area (Å²) in [7, 11) is 0. The zero-order valence-corrected chi connectivity index (χ0v) is 16.5. The Morgan fingerprint density at radius 3 is 2.83 bits per heavy atom. The van der Waals surface area contributed by atoms with Crippen molar-refractivity contribution in [3.63, 3.8) is 0 Å². The monoisotopic (exact) mass is 402 g/mol. The first-order valence-corrected chi connectivity index (χ1v) is 9.92. The van der Waals surface area contributed by atoms with Crippen molar-refractivity contribution in [1.82, 2.24) is 15.2 Å². The number of aromatic nitrogens is 3. The van der Waals surface area contributed by atoms with Crippen LogP contribution in [0, 0.1) is 11.3 Å². The van der Waals surface area contributed by atoms with Crippen LogP contribution < -0.4 is 15.0 Å². The number of amides is 1. The van der Waals surface area contributed by atoms with Crippen molar-refractivity contribution < 1.29 is 9.53 Å². The van der Waals surface area contributed by atoms with Gasteiger partial charge in [0.25, 0.3) is 5.91 Å². The molecule has 1 amide bonds. The van der Waals surface area contributed by atoms with Gasteiger partial charge in [-0.05, 0) is 43.5 Å². The van der Waals surface area contributed by atoms with Crippen molar-refractivity contribution in [2.75, 3.05) is 23.3 Å². The lowest BCUT2D eigenvalue weighted by molar-refractivity contribution is 0.102. The second kappa shape index (κ2) is 9.09. The Balaban J connectivity index is 1.39. The summed E-state index contributed by atoms with van der Waals surface area (Å²) in [6.45, 7) is 2.11. The highest BCUT2D eigenvalue weighted by Gasteiger charge is 2.16. The average molecular weight is 402 g/mol. The summed E-state index contributed by atoms with van der Waals surface area (Å²) in [6, 6.07) is 16.3. The molecule has 0 aliphatic carbocycles. The van der Waals surface area contributed by atoms with E-state index < -0.39 is 0 Å². The third kappa shape index (κ3) is 4.58. The minimum absolute atomic E-state index is 0.246. The van der Waals surface area contributed by atoms with Crippen molar-refractivity contribution in [2.45, 2.75) is 25.9 Å². The fourth-order valence-electron chi connectivity index (χ4n) is 3.37. The topological polar surface area (TPSA) is 107 Å². The number of nitriles is 1. The Morgan fingerprint density at radius 1 is 1.17 bits per heavy atom. The number of piperidine rings is 1. The number of benzene rings is 2. The van der Waals surface area contributed by atoms with Crippen LogP contribution in [0.4, 0.5) is 11.9 Å². The van der Waals surface area contributed by atoms with Gasteiger partial charge in [0.2, 0.25) is 11.9 Å². The van der Waals surface area contributed by atoms with Crippen molar-refractivity contribution in [3.05, 3.63) is 65.2 Å². The fraction of sp³-hybridized carbons (Fsp3) is 0.273. The Bertz CT molecular complexity index is 1070. The van der Waals surface area contributed by atoms with Crippen LogP contribution in [0.15, 0.2) is 48.5 Å². The number of hydrogen-bond acceptors (Lipinski definition) is 6. The van der Waals surface area contributed by atoms with Gasteiger partial charge >= 0.3 is 0 Å². The van der Waals surface area contributed by atoms with Crippen molar-refractivity contribution in [2.24, 2.45) is 0 Å². The minimum atomic E-state index is -0.306. The molecule has 3 aromatic rings. The molecule has 1 aliphatic heterocycles. The maximum Gasteiger partial charge on any atom is 0.258 e. The summed E-state index contributed by atoms with van der Waals surface area (Å²) in [5.74, 6) is 1.16. The Labute approximate surface area is 174 Å². The maximum atomic E-state index is 12.6. The van der Waals surface area contributed by atoms with Crippen molar-refractivity contribution in [3.8, 4) is 11.8 Å². The van der Waals surface area contributed by atoms with Crippen LogP contribution >= 0.6 is 0 Å². The van der Waals surface area contributed by atoms with Gasteiger partial charge in [0.15, 0.2) is 0 Å². The molecule has 0 spiro atoms. The molecule has 8 nitrogen and oxygen atoms in total. The zero-order valence-electron chi connectivity index (χ0n) is 16.5. The van der Waals surface area contributed by atoms with Crippen molar-refractivity contribution >= 4 is 17.8 Å². The SMILES string of the molecule is N#Cc1ccccc1COc1cccc(C(=O)Nc2nc(N3CCCCC3)n[nH]2)c1. The number of carbonyl (C=O) groups is 1. The highest BCUT2D eigenvalue weighted by Crippen LogP contribution is 2.19. The molecule has 8 heteroatoms. The van der Waals surface area contributed by atoms with Crippen LogP contribution in [0.1, 0.15) is 40.7 Å². The van der Waals surface area contributed by atoms with E-state index in [1.54, 1.807) is 30.3 Å². The molecule has 4 rings (SSSR count).